The van der Waals surface area contributed by atoms with Crippen LogP contribution in [-0.2, 0) is 9.57 Å². The van der Waals surface area contributed by atoms with Crippen LogP contribution in [0.1, 0.15) is 33.3 Å². The summed E-state index contributed by atoms with van der Waals surface area (Å²) in [6.45, 7) is 7.63. The zero-order valence-electron chi connectivity index (χ0n) is 12.0. The molecule has 6 heteroatoms. The third-order valence-corrected chi connectivity index (χ3v) is 2.59. The first kappa shape index (κ1) is 16.7. The van der Waals surface area contributed by atoms with Gasteiger partial charge in [-0.1, -0.05) is 16.8 Å². The molecule has 0 aliphatic carbocycles. The summed E-state index contributed by atoms with van der Waals surface area (Å²) in [7, 11) is 0. The van der Waals surface area contributed by atoms with E-state index in [0.29, 0.717) is 10.2 Å². The van der Waals surface area contributed by atoms with E-state index in [1.165, 1.54) is 0 Å². The number of nitrogens with one attached hydrogen (secondary N) is 1. The van der Waals surface area contributed by atoms with Gasteiger partial charge in [0.1, 0.15) is 6.10 Å². The van der Waals surface area contributed by atoms with Crippen molar-refractivity contribution in [3.8, 4) is 0 Å². The molecule has 1 N–H and O–H groups in total. The molecule has 1 aromatic rings. The monoisotopic (exact) mass is 314 g/mol. The van der Waals surface area contributed by atoms with Crippen LogP contribution in [0.4, 0.5) is 5.69 Å². The fraction of sp³-hybridized carbons (Fsp3) is 0.429. The molecule has 0 heterocycles. The van der Waals surface area contributed by atoms with Crippen molar-refractivity contribution in [1.29, 1.82) is 0 Å². The first-order valence-electron chi connectivity index (χ1n) is 6.35. The molecule has 0 spiro atoms. The van der Waals surface area contributed by atoms with Gasteiger partial charge in [-0.05, 0) is 58.1 Å². The van der Waals surface area contributed by atoms with Gasteiger partial charge in [-0.15, -0.1) is 0 Å². The van der Waals surface area contributed by atoms with Crippen LogP contribution >= 0.6 is 23.8 Å². The zero-order chi connectivity index (χ0) is 15.1. The molecule has 0 radical (unpaired) electrons. The molecule has 0 unspecified atom stereocenters. The van der Waals surface area contributed by atoms with Crippen LogP contribution in [0.2, 0.25) is 5.02 Å². The molecule has 4 nitrogen and oxygen atoms in total. The molecule has 0 fully saturated rings. The minimum Gasteiger partial charge on any atom is -0.468 e. The molecule has 0 saturated heterocycles. The Hall–Kier alpha value is -1.33. The van der Waals surface area contributed by atoms with Crippen LogP contribution in [0.5, 0.6) is 0 Å². The summed E-state index contributed by atoms with van der Waals surface area (Å²) in [6.07, 6.45) is 1.63. The Morgan fingerprint density at radius 1 is 1.30 bits per heavy atom. The Morgan fingerprint density at radius 3 is 2.60 bits per heavy atom. The Kier molecular flexibility index (Phi) is 6.75. The number of anilines is 1. The summed E-state index contributed by atoms with van der Waals surface area (Å²) in [6, 6.07) is 5.41. The lowest BCUT2D eigenvalue weighted by molar-refractivity contribution is 0.0874. The SMILES string of the molecule is CC(C)O/N=C/c1cc(NC(=S)OC(C)C)ccc1Cl. The van der Waals surface area contributed by atoms with Crippen molar-refractivity contribution in [3.05, 3.63) is 28.8 Å². The van der Waals surface area contributed by atoms with Gasteiger partial charge in [-0.3, -0.25) is 0 Å². The molecule has 0 aliphatic heterocycles. The van der Waals surface area contributed by atoms with Gasteiger partial charge in [0.05, 0.1) is 12.3 Å². The third kappa shape index (κ3) is 6.21. The average Bonchev–Trinajstić information content (AvgIpc) is 2.31. The molecule has 1 rings (SSSR count). The maximum absolute atomic E-state index is 6.09. The van der Waals surface area contributed by atoms with E-state index in [0.717, 1.165) is 11.3 Å². The Bertz CT molecular complexity index is 490. The van der Waals surface area contributed by atoms with Crippen LogP contribution < -0.4 is 5.32 Å². The van der Waals surface area contributed by atoms with Crippen LogP contribution in [0, 0.1) is 0 Å². The number of benzene rings is 1. The normalized spacial score (nSPS) is 11.2. The maximum atomic E-state index is 6.09. The van der Waals surface area contributed by atoms with E-state index >= 15 is 0 Å². The van der Waals surface area contributed by atoms with Crippen LogP contribution in [0.3, 0.4) is 0 Å². The van der Waals surface area contributed by atoms with Gasteiger partial charge in [0.25, 0.3) is 5.17 Å². The Labute approximate surface area is 130 Å². The highest BCUT2D eigenvalue weighted by molar-refractivity contribution is 7.80. The molecule has 0 saturated carbocycles. The fourth-order valence-corrected chi connectivity index (χ4v) is 1.77. The smallest absolute Gasteiger partial charge is 0.261 e. The van der Waals surface area contributed by atoms with E-state index in [9.17, 15) is 0 Å². The van der Waals surface area contributed by atoms with Gasteiger partial charge in [0.2, 0.25) is 0 Å². The van der Waals surface area contributed by atoms with Gasteiger partial charge in [0, 0.05) is 16.3 Å². The summed E-state index contributed by atoms with van der Waals surface area (Å²) < 4.78 is 5.37. The number of hydrogen-bond donors (Lipinski definition) is 1. The standard InChI is InChI=1S/C14H19ClN2O2S/c1-9(2)18-14(20)17-12-5-6-13(15)11(7-12)8-16-19-10(3)4/h5-10H,1-4H3,(H,17,20)/b16-8+. The number of ether oxygens (including phenoxy) is 1. The molecule has 1 aromatic carbocycles. The van der Waals surface area contributed by atoms with Crippen molar-refractivity contribution in [2.24, 2.45) is 5.16 Å². The van der Waals surface area contributed by atoms with E-state index in [2.05, 4.69) is 10.5 Å². The van der Waals surface area contributed by atoms with Crippen molar-refractivity contribution in [1.82, 2.24) is 0 Å². The van der Waals surface area contributed by atoms with Gasteiger partial charge in [-0.2, -0.15) is 0 Å². The topological polar surface area (TPSA) is 42.8 Å². The van der Waals surface area contributed by atoms with Crippen LogP contribution in [-0.4, -0.2) is 23.6 Å². The Balaban J connectivity index is 2.75. The number of oxime groups is 1. The van der Waals surface area contributed by atoms with Crippen molar-refractivity contribution < 1.29 is 9.57 Å². The summed E-state index contributed by atoms with van der Waals surface area (Å²) in [5, 5.41) is 7.77. The van der Waals surface area contributed by atoms with Crippen molar-refractivity contribution in [2.75, 3.05) is 5.32 Å². The fourth-order valence-electron chi connectivity index (χ4n) is 1.29. The van der Waals surface area contributed by atoms with Gasteiger partial charge in [-0.25, -0.2) is 0 Å². The van der Waals surface area contributed by atoms with E-state index in [1.54, 1.807) is 12.3 Å². The second-order valence-electron chi connectivity index (χ2n) is 4.70. The second kappa shape index (κ2) is 8.07. The lowest BCUT2D eigenvalue weighted by Crippen LogP contribution is -2.17. The van der Waals surface area contributed by atoms with Crippen molar-refractivity contribution in [3.63, 3.8) is 0 Å². The highest BCUT2D eigenvalue weighted by atomic mass is 35.5. The first-order valence-corrected chi connectivity index (χ1v) is 7.13. The number of thiocarbonyl (C=S) groups is 1. The van der Waals surface area contributed by atoms with E-state index in [1.807, 2.05) is 39.8 Å². The van der Waals surface area contributed by atoms with E-state index in [-0.39, 0.29) is 12.2 Å². The maximum Gasteiger partial charge on any atom is 0.261 e. The number of nitrogens with zero attached hydrogens (tertiary/aromatic N) is 1. The molecular weight excluding hydrogens is 296 g/mol. The number of hydrogen-bond acceptors (Lipinski definition) is 4. The number of rotatable bonds is 5. The second-order valence-corrected chi connectivity index (χ2v) is 5.48. The van der Waals surface area contributed by atoms with Gasteiger partial charge in [0.15, 0.2) is 0 Å². The minimum atomic E-state index is 0.0263. The number of halogens is 1. The average molecular weight is 315 g/mol. The predicted molar refractivity (Wildman–Crippen MR) is 87.7 cm³/mol. The van der Waals surface area contributed by atoms with Crippen molar-refractivity contribution in [2.45, 2.75) is 39.9 Å². The molecule has 0 bridgehead atoms. The zero-order valence-corrected chi connectivity index (χ0v) is 13.6. The highest BCUT2D eigenvalue weighted by Crippen LogP contribution is 2.19. The third-order valence-electron chi connectivity index (χ3n) is 2.05. The quantitative estimate of drug-likeness (QED) is 0.502. The molecule has 0 aliphatic rings. The Morgan fingerprint density at radius 2 is 2.00 bits per heavy atom. The van der Waals surface area contributed by atoms with E-state index < -0.39 is 0 Å². The largest absolute Gasteiger partial charge is 0.468 e. The van der Waals surface area contributed by atoms with Crippen LogP contribution in [0.25, 0.3) is 0 Å². The predicted octanol–water partition coefficient (Wildman–Crippen LogP) is 4.22. The molecule has 0 atom stereocenters. The highest BCUT2D eigenvalue weighted by Gasteiger charge is 2.04. The molecular formula is C14H19ClN2O2S. The van der Waals surface area contributed by atoms with Gasteiger partial charge < -0.3 is 14.9 Å². The summed E-state index contributed by atoms with van der Waals surface area (Å²) in [4.78, 5) is 5.11. The minimum absolute atomic E-state index is 0.0263. The van der Waals surface area contributed by atoms with E-state index in [4.69, 9.17) is 33.4 Å². The first-order chi connectivity index (χ1) is 9.38. The van der Waals surface area contributed by atoms with Crippen molar-refractivity contribution >= 4 is 40.9 Å². The summed E-state index contributed by atoms with van der Waals surface area (Å²) in [5.74, 6) is 0. The molecule has 110 valence electrons. The summed E-state index contributed by atoms with van der Waals surface area (Å²) in [5.41, 5.74) is 1.52. The van der Waals surface area contributed by atoms with Crippen LogP contribution in [0.15, 0.2) is 23.4 Å². The lowest BCUT2D eigenvalue weighted by atomic mass is 10.2. The molecule has 0 amide bonds. The molecule has 0 aromatic heterocycles. The lowest BCUT2D eigenvalue weighted by Gasteiger charge is -2.13. The molecule has 20 heavy (non-hydrogen) atoms. The van der Waals surface area contributed by atoms with Gasteiger partial charge >= 0.3 is 0 Å². The summed E-state index contributed by atoms with van der Waals surface area (Å²) >= 11 is 11.2.